The Kier molecular flexibility index (Phi) is 4.69. The van der Waals surface area contributed by atoms with Gasteiger partial charge in [-0.15, -0.1) is 11.3 Å². The van der Waals surface area contributed by atoms with Gasteiger partial charge in [0.2, 0.25) is 0 Å². The molecule has 0 bridgehead atoms. The summed E-state index contributed by atoms with van der Waals surface area (Å²) in [5.74, 6) is -0.373. The van der Waals surface area contributed by atoms with Gasteiger partial charge in [0.25, 0.3) is 5.91 Å². The molecule has 1 N–H and O–H groups in total. The fourth-order valence-corrected chi connectivity index (χ4v) is 2.99. The van der Waals surface area contributed by atoms with E-state index in [0.29, 0.717) is 20.9 Å². The SMILES string of the molecule is CC(=O)c1csc(NC(=O)c2cc(I)ccc2Br)n1. The van der Waals surface area contributed by atoms with Crippen molar-refractivity contribution in [1.29, 1.82) is 0 Å². The Labute approximate surface area is 135 Å². The van der Waals surface area contributed by atoms with E-state index in [2.05, 4.69) is 48.8 Å². The highest BCUT2D eigenvalue weighted by atomic mass is 127. The van der Waals surface area contributed by atoms with Crippen molar-refractivity contribution in [2.45, 2.75) is 6.92 Å². The van der Waals surface area contributed by atoms with Crippen LogP contribution < -0.4 is 5.32 Å². The number of anilines is 1. The number of carbonyl (C=O) groups excluding carboxylic acids is 2. The summed E-state index contributed by atoms with van der Waals surface area (Å²) >= 11 is 6.71. The van der Waals surface area contributed by atoms with Crippen LogP contribution in [0.25, 0.3) is 0 Å². The maximum Gasteiger partial charge on any atom is 0.258 e. The molecule has 0 fully saturated rings. The maximum atomic E-state index is 12.1. The summed E-state index contributed by atoms with van der Waals surface area (Å²) in [5.41, 5.74) is 0.897. The Hall–Kier alpha value is -0.800. The number of rotatable bonds is 3. The highest BCUT2D eigenvalue weighted by molar-refractivity contribution is 14.1. The van der Waals surface area contributed by atoms with Crippen LogP contribution in [0.1, 0.15) is 27.8 Å². The Morgan fingerprint density at radius 3 is 2.79 bits per heavy atom. The van der Waals surface area contributed by atoms with E-state index in [1.54, 1.807) is 11.4 Å². The predicted molar refractivity (Wildman–Crippen MR) is 86.9 cm³/mol. The molecule has 98 valence electrons. The van der Waals surface area contributed by atoms with Crippen molar-refractivity contribution in [3.63, 3.8) is 0 Å². The van der Waals surface area contributed by atoms with E-state index in [-0.39, 0.29) is 11.7 Å². The van der Waals surface area contributed by atoms with E-state index in [1.165, 1.54) is 18.3 Å². The minimum Gasteiger partial charge on any atom is -0.298 e. The van der Waals surface area contributed by atoms with Crippen molar-refractivity contribution in [2.24, 2.45) is 0 Å². The fraction of sp³-hybridized carbons (Fsp3) is 0.0833. The minimum atomic E-state index is -0.255. The summed E-state index contributed by atoms with van der Waals surface area (Å²) < 4.78 is 1.68. The Morgan fingerprint density at radius 1 is 1.42 bits per heavy atom. The average Bonchev–Trinajstić information content (AvgIpc) is 2.80. The molecule has 0 spiro atoms. The lowest BCUT2D eigenvalue weighted by Gasteiger charge is -2.04. The minimum absolute atomic E-state index is 0.118. The van der Waals surface area contributed by atoms with Gasteiger partial charge >= 0.3 is 0 Å². The van der Waals surface area contributed by atoms with Gasteiger partial charge in [-0.2, -0.15) is 0 Å². The molecule has 0 saturated heterocycles. The zero-order valence-corrected chi connectivity index (χ0v) is 14.3. The first-order chi connectivity index (χ1) is 8.97. The van der Waals surface area contributed by atoms with E-state index < -0.39 is 0 Å². The molecule has 7 heteroatoms. The zero-order chi connectivity index (χ0) is 14.0. The van der Waals surface area contributed by atoms with Crippen LogP contribution >= 0.6 is 49.9 Å². The molecule has 1 aromatic carbocycles. The van der Waals surface area contributed by atoms with Crippen LogP contribution in [0, 0.1) is 3.57 Å². The number of ketones is 1. The van der Waals surface area contributed by atoms with Gasteiger partial charge in [0.1, 0.15) is 5.69 Å². The zero-order valence-electron chi connectivity index (χ0n) is 9.74. The number of amides is 1. The van der Waals surface area contributed by atoms with Crippen LogP contribution in [0.15, 0.2) is 28.1 Å². The summed E-state index contributed by atoms with van der Waals surface area (Å²) in [6, 6.07) is 5.50. The number of carbonyl (C=O) groups is 2. The van der Waals surface area contributed by atoms with Crippen molar-refractivity contribution in [3.8, 4) is 0 Å². The second kappa shape index (κ2) is 6.10. The van der Waals surface area contributed by atoms with Gasteiger partial charge in [0.15, 0.2) is 10.9 Å². The highest BCUT2D eigenvalue weighted by Crippen LogP contribution is 2.22. The van der Waals surface area contributed by atoms with Crippen molar-refractivity contribution in [2.75, 3.05) is 5.32 Å². The van der Waals surface area contributed by atoms with Crippen LogP contribution in [0.2, 0.25) is 0 Å². The van der Waals surface area contributed by atoms with Crippen molar-refractivity contribution >= 4 is 66.7 Å². The quantitative estimate of drug-likeness (QED) is 0.568. The molecule has 2 rings (SSSR count). The standard InChI is InChI=1S/C12H8BrIN2O2S/c1-6(17)10-5-19-12(15-10)16-11(18)8-4-7(14)2-3-9(8)13/h2-5H,1H3,(H,15,16,18). The summed E-state index contributed by atoms with van der Waals surface area (Å²) in [6.07, 6.45) is 0. The largest absolute Gasteiger partial charge is 0.298 e. The molecule has 1 heterocycles. The van der Waals surface area contributed by atoms with E-state index in [0.717, 1.165) is 3.57 Å². The number of hydrogen-bond acceptors (Lipinski definition) is 4. The van der Waals surface area contributed by atoms with Gasteiger partial charge in [-0.3, -0.25) is 14.9 Å². The smallest absolute Gasteiger partial charge is 0.258 e. The molecular formula is C12H8BrIN2O2S. The molecule has 0 aliphatic rings. The number of nitrogens with zero attached hydrogens (tertiary/aromatic N) is 1. The molecule has 0 aliphatic heterocycles. The lowest BCUT2D eigenvalue weighted by molar-refractivity contribution is 0.100. The number of thiazole rings is 1. The van der Waals surface area contributed by atoms with E-state index in [1.807, 2.05) is 12.1 Å². The van der Waals surface area contributed by atoms with Gasteiger partial charge < -0.3 is 0 Å². The molecule has 2 aromatic rings. The lowest BCUT2D eigenvalue weighted by Crippen LogP contribution is -2.12. The summed E-state index contributed by atoms with van der Waals surface area (Å²) in [4.78, 5) is 27.3. The molecule has 1 amide bonds. The maximum absolute atomic E-state index is 12.1. The average molecular weight is 451 g/mol. The molecule has 0 aliphatic carbocycles. The topological polar surface area (TPSA) is 59.1 Å². The lowest BCUT2D eigenvalue weighted by atomic mass is 10.2. The fourth-order valence-electron chi connectivity index (χ4n) is 1.33. The van der Waals surface area contributed by atoms with E-state index in [9.17, 15) is 9.59 Å². The van der Waals surface area contributed by atoms with Gasteiger partial charge in [0.05, 0.1) is 5.56 Å². The van der Waals surface area contributed by atoms with E-state index in [4.69, 9.17) is 0 Å². The summed E-state index contributed by atoms with van der Waals surface area (Å²) in [6.45, 7) is 1.44. The van der Waals surface area contributed by atoms with Crippen LogP contribution in [0.5, 0.6) is 0 Å². The third-order valence-electron chi connectivity index (χ3n) is 2.26. The first kappa shape index (κ1) is 14.6. The molecular weight excluding hydrogens is 443 g/mol. The first-order valence-electron chi connectivity index (χ1n) is 5.20. The first-order valence-corrected chi connectivity index (χ1v) is 7.95. The Bertz CT molecular complexity index is 657. The monoisotopic (exact) mass is 450 g/mol. The van der Waals surface area contributed by atoms with Gasteiger partial charge in [-0.25, -0.2) is 4.98 Å². The summed E-state index contributed by atoms with van der Waals surface area (Å²) in [5, 5.41) is 4.73. The number of Topliss-reactive ketones (excluding diaryl/α,β-unsaturated/α-hetero) is 1. The van der Waals surface area contributed by atoms with Gasteiger partial charge in [0, 0.05) is 20.3 Å². The van der Waals surface area contributed by atoms with E-state index >= 15 is 0 Å². The third kappa shape index (κ3) is 3.61. The van der Waals surface area contributed by atoms with Crippen LogP contribution in [0.4, 0.5) is 5.13 Å². The van der Waals surface area contributed by atoms with Gasteiger partial charge in [-0.1, -0.05) is 0 Å². The molecule has 0 saturated carbocycles. The highest BCUT2D eigenvalue weighted by Gasteiger charge is 2.13. The number of halogens is 2. The van der Waals surface area contributed by atoms with Crippen molar-refractivity contribution in [1.82, 2.24) is 4.98 Å². The number of hydrogen-bond donors (Lipinski definition) is 1. The Morgan fingerprint density at radius 2 is 2.16 bits per heavy atom. The molecule has 4 nitrogen and oxygen atoms in total. The van der Waals surface area contributed by atoms with Crippen LogP contribution in [-0.4, -0.2) is 16.7 Å². The molecule has 0 radical (unpaired) electrons. The number of benzene rings is 1. The second-order valence-corrected chi connectivity index (χ2v) is 6.63. The second-order valence-electron chi connectivity index (χ2n) is 3.67. The van der Waals surface area contributed by atoms with Crippen molar-refractivity contribution < 1.29 is 9.59 Å². The van der Waals surface area contributed by atoms with Gasteiger partial charge in [-0.05, 0) is 56.7 Å². The Balaban J connectivity index is 2.20. The molecule has 19 heavy (non-hydrogen) atoms. The number of aromatic nitrogens is 1. The third-order valence-corrected chi connectivity index (χ3v) is 4.38. The number of nitrogens with one attached hydrogen (secondary N) is 1. The predicted octanol–water partition coefficient (Wildman–Crippen LogP) is 3.97. The van der Waals surface area contributed by atoms with Crippen LogP contribution in [-0.2, 0) is 0 Å². The van der Waals surface area contributed by atoms with Crippen LogP contribution in [0.3, 0.4) is 0 Å². The normalized spacial score (nSPS) is 10.3. The molecule has 1 aromatic heterocycles. The molecule has 0 unspecified atom stereocenters. The van der Waals surface area contributed by atoms with Crippen molar-refractivity contribution in [3.05, 3.63) is 42.9 Å². The molecule has 0 atom stereocenters. The summed E-state index contributed by atoms with van der Waals surface area (Å²) in [7, 11) is 0.